The number of benzene rings is 6. The minimum atomic E-state index is -1.50. The minimum Gasteiger partial charge on any atom is -0.508 e. The third kappa shape index (κ3) is 9.23. The van der Waals surface area contributed by atoms with Crippen molar-refractivity contribution in [1.29, 1.82) is 0 Å². The van der Waals surface area contributed by atoms with E-state index in [0.29, 0.717) is 124 Å². The zero-order chi connectivity index (χ0) is 58.5. The van der Waals surface area contributed by atoms with Crippen molar-refractivity contribution in [2.75, 3.05) is 68.8 Å². The number of rotatable bonds is 12. The molecular weight excluding hydrogens is 1190 g/mol. The predicted octanol–water partition coefficient (Wildman–Crippen LogP) is 13.0. The number of nitrogens with one attached hydrogen (secondary N) is 2. The van der Waals surface area contributed by atoms with E-state index < -0.39 is 41.3 Å². The fraction of sp³-hybridized carbons (Fsp3) is 0.438. The second kappa shape index (κ2) is 21.1. The van der Waals surface area contributed by atoms with Gasteiger partial charge >= 0.3 is 12.0 Å². The van der Waals surface area contributed by atoms with Gasteiger partial charge in [-0.2, -0.15) is 19.9 Å². The number of hydrogen-bond acceptors (Lipinski definition) is 14. The molecule has 10 heterocycles. The molecular formula is C64H60Cl4F4N10O4. The van der Waals surface area contributed by atoms with Crippen LogP contribution in [0.5, 0.6) is 23.5 Å². The monoisotopic (exact) mass is 1250 g/mol. The van der Waals surface area contributed by atoms with Crippen molar-refractivity contribution in [1.82, 2.24) is 40.4 Å². The van der Waals surface area contributed by atoms with Crippen LogP contribution in [0, 0.1) is 11.6 Å². The molecule has 6 aromatic carbocycles. The van der Waals surface area contributed by atoms with Gasteiger partial charge in [-0.3, -0.25) is 9.80 Å². The summed E-state index contributed by atoms with van der Waals surface area (Å²) < 4.78 is 87.8. The number of aromatic nitrogens is 4. The van der Waals surface area contributed by atoms with Gasteiger partial charge in [0.25, 0.3) is 0 Å². The number of phenolic OH excluding ortho intramolecular Hbond substituents is 1. The first kappa shape index (κ1) is 55.4. The molecule has 9 atom stereocenters. The van der Waals surface area contributed by atoms with Crippen LogP contribution in [-0.4, -0.2) is 148 Å². The smallest absolute Gasteiger partial charge is 0.319 e. The van der Waals surface area contributed by atoms with E-state index in [2.05, 4.69) is 25.3 Å². The van der Waals surface area contributed by atoms with E-state index in [-0.39, 0.29) is 99.5 Å². The molecule has 22 heteroatoms. The molecule has 8 fully saturated rings. The molecule has 8 aliphatic heterocycles. The molecule has 4 bridgehead atoms. The Kier molecular flexibility index (Phi) is 13.6. The molecule has 2 aromatic heterocycles. The normalized spacial score (nSPS) is 28.0. The van der Waals surface area contributed by atoms with E-state index in [1.54, 1.807) is 60.7 Å². The quantitative estimate of drug-likeness (QED) is 0.100. The highest BCUT2D eigenvalue weighted by Gasteiger charge is 2.57. The van der Waals surface area contributed by atoms with Gasteiger partial charge in [0, 0.05) is 119 Å². The molecule has 8 aliphatic rings. The zero-order valence-corrected chi connectivity index (χ0v) is 49.7. The number of anilines is 2. The fourth-order valence-corrected chi connectivity index (χ4v) is 17.3. The van der Waals surface area contributed by atoms with Crippen molar-refractivity contribution in [3.05, 3.63) is 105 Å². The van der Waals surface area contributed by atoms with E-state index in [4.69, 9.17) is 80.6 Å². The van der Waals surface area contributed by atoms with Crippen LogP contribution in [0.3, 0.4) is 0 Å². The Balaban J connectivity index is 0.739. The lowest BCUT2D eigenvalue weighted by atomic mass is 9.95. The van der Waals surface area contributed by atoms with Crippen molar-refractivity contribution in [2.45, 2.75) is 118 Å². The summed E-state index contributed by atoms with van der Waals surface area (Å²) in [5, 5.41) is 22.1. The maximum atomic E-state index is 18.2. The van der Waals surface area contributed by atoms with Crippen molar-refractivity contribution >= 4 is 101 Å². The summed E-state index contributed by atoms with van der Waals surface area (Å²) in [6, 6.07) is 21.2. The third-order valence-corrected chi connectivity index (χ3v) is 21.1. The molecule has 0 spiro atoms. The summed E-state index contributed by atoms with van der Waals surface area (Å²) in [5.74, 6) is -0.322. The Bertz CT molecular complexity index is 4100. The highest BCUT2D eigenvalue weighted by molar-refractivity contribution is 6.39. The highest BCUT2D eigenvalue weighted by Crippen LogP contribution is 2.50. The van der Waals surface area contributed by atoms with Crippen LogP contribution in [0.25, 0.3) is 65.6 Å². The number of nitrogens with zero attached hydrogens (tertiary/aromatic N) is 8. The SMILES string of the molecule is Oc1cc(-c2c(Cl)cc3c(N4CC5CCC(C4)N5)nc(OC[C@]45CCCN4C(Oc4cc(-c6c(Cl)cc7c(N8CC9CCC(C8)N9)nc(OC[C@@]89CCCN8C[C@H](F)C9)nc7c6F)c6c(Cl)cccc6c4)[C@@H](F)C5)nc3c2F)c2c(Cl)cccc2c1. The molecule has 16 rings (SSSR count). The zero-order valence-electron chi connectivity index (χ0n) is 46.7. The van der Waals surface area contributed by atoms with Gasteiger partial charge < -0.3 is 39.8 Å². The van der Waals surface area contributed by atoms with Gasteiger partial charge in [0.2, 0.25) is 0 Å². The molecule has 0 saturated carbocycles. The van der Waals surface area contributed by atoms with E-state index >= 15 is 13.2 Å². The molecule has 8 saturated heterocycles. The van der Waals surface area contributed by atoms with Crippen LogP contribution < -0.4 is 34.6 Å². The Morgan fingerprint density at radius 1 is 0.593 bits per heavy atom. The number of halogens is 8. The van der Waals surface area contributed by atoms with Gasteiger partial charge in [-0.15, -0.1) is 0 Å². The van der Waals surface area contributed by atoms with Crippen LogP contribution in [0.15, 0.2) is 72.8 Å². The summed E-state index contributed by atoms with van der Waals surface area (Å²) in [4.78, 5) is 28.0. The number of hydrogen-bond donors (Lipinski definition) is 3. The van der Waals surface area contributed by atoms with E-state index in [1.807, 2.05) is 11.0 Å². The summed E-state index contributed by atoms with van der Waals surface area (Å²) in [7, 11) is 0. The Morgan fingerprint density at radius 2 is 1.12 bits per heavy atom. The second-order valence-corrected chi connectivity index (χ2v) is 26.8. The van der Waals surface area contributed by atoms with E-state index in [0.717, 1.165) is 45.1 Å². The van der Waals surface area contributed by atoms with Crippen molar-refractivity contribution in [3.63, 3.8) is 0 Å². The topological polar surface area (TPSA) is 136 Å². The first-order valence-electron chi connectivity index (χ1n) is 29.9. The van der Waals surface area contributed by atoms with Crippen LogP contribution in [0.4, 0.5) is 29.2 Å². The number of ether oxygens (including phenoxy) is 3. The average Bonchev–Trinajstić information content (AvgIpc) is 0.963. The molecule has 8 aromatic rings. The van der Waals surface area contributed by atoms with Gasteiger partial charge in [0.15, 0.2) is 24.0 Å². The van der Waals surface area contributed by atoms with Gasteiger partial charge in [-0.25, -0.2) is 17.6 Å². The van der Waals surface area contributed by atoms with Gasteiger partial charge in [-0.05, 0) is 128 Å². The number of phenols is 1. The first-order valence-corrected chi connectivity index (χ1v) is 31.4. The average molecular weight is 1250 g/mol. The van der Waals surface area contributed by atoms with E-state index in [1.165, 1.54) is 6.07 Å². The number of aromatic hydroxyl groups is 1. The maximum Gasteiger partial charge on any atom is 0.319 e. The predicted molar refractivity (Wildman–Crippen MR) is 328 cm³/mol. The minimum absolute atomic E-state index is 0.00278. The summed E-state index contributed by atoms with van der Waals surface area (Å²) in [6.07, 6.45) is 3.82. The van der Waals surface area contributed by atoms with Gasteiger partial charge in [0.1, 0.15) is 53.6 Å². The fourth-order valence-electron chi connectivity index (χ4n) is 16.1. The molecule has 86 heavy (non-hydrogen) atoms. The number of alkyl halides is 2. The van der Waals surface area contributed by atoms with Crippen LogP contribution in [0.2, 0.25) is 20.1 Å². The van der Waals surface area contributed by atoms with Crippen LogP contribution in [-0.2, 0) is 0 Å². The molecule has 3 N–H and O–H groups in total. The van der Waals surface area contributed by atoms with Crippen molar-refractivity contribution in [3.8, 4) is 45.8 Å². The third-order valence-electron chi connectivity index (χ3n) is 19.9. The van der Waals surface area contributed by atoms with Gasteiger partial charge in [0.05, 0.1) is 21.1 Å². The number of piperazine rings is 2. The van der Waals surface area contributed by atoms with Gasteiger partial charge in [-0.1, -0.05) is 70.7 Å². The molecule has 5 unspecified atom stereocenters. The number of fused-ring (bicyclic) bond motifs is 10. The molecule has 446 valence electrons. The lowest BCUT2D eigenvalue weighted by Gasteiger charge is -2.35. The van der Waals surface area contributed by atoms with E-state index in [9.17, 15) is 9.50 Å². The van der Waals surface area contributed by atoms with Crippen LogP contribution >= 0.6 is 46.4 Å². The van der Waals surface area contributed by atoms with Crippen molar-refractivity contribution < 1.29 is 36.9 Å². The highest BCUT2D eigenvalue weighted by atomic mass is 35.5. The Labute approximate surface area is 513 Å². The van der Waals surface area contributed by atoms with Crippen LogP contribution in [0.1, 0.15) is 64.2 Å². The standard InChI is InChI=1S/C64H60Cl4F4N10O4/c65-45-7-1-5-32-17-39(83)19-41(50(32)45)52-47(67)21-43-56(54(52)71)76-62(78-59(43)80-28-37-11-12-38(29-80)74-37)85-31-64-14-4-16-82(64)60(49(70)24-64)86-40-18-33-6-2-8-46(66)51(33)42(20-40)53-48(68)22-44-57(55(53)72)75-61(77-58(44)79-26-35-9-10-36(27-79)73-35)84-30-63-13-3-15-81(63)25-34(69)23-63/h1-2,5-8,17-22,34-38,49,60,73-74,83H,3-4,9-16,23-31H2/t34-,35?,36?,37?,38?,49+,60?,63+,64-/m1/s1. The summed E-state index contributed by atoms with van der Waals surface area (Å²) >= 11 is 28.2. The largest absolute Gasteiger partial charge is 0.508 e. The molecule has 0 aliphatic carbocycles. The first-order chi connectivity index (χ1) is 41.6. The molecule has 0 amide bonds. The lowest BCUT2D eigenvalue weighted by molar-refractivity contribution is -0.0146. The summed E-state index contributed by atoms with van der Waals surface area (Å²) in [6.45, 7) is 4.26. The lowest BCUT2D eigenvalue weighted by Crippen LogP contribution is -2.51. The Hall–Kier alpha value is -5.96. The molecule has 14 nitrogen and oxygen atoms in total. The van der Waals surface area contributed by atoms with Crippen molar-refractivity contribution in [2.24, 2.45) is 0 Å². The maximum absolute atomic E-state index is 18.2. The Morgan fingerprint density at radius 3 is 1.70 bits per heavy atom. The second-order valence-electron chi connectivity index (χ2n) is 25.2. The molecule has 0 radical (unpaired) electrons. The summed E-state index contributed by atoms with van der Waals surface area (Å²) in [5.41, 5.74) is -0.744.